The van der Waals surface area contributed by atoms with E-state index in [1.165, 1.54) is 12.1 Å². The SMILES string of the molecule is O=C(Nc1cc(Br)ccc1F)c1cccc(Br)c1. The molecule has 0 heterocycles. The molecule has 0 radical (unpaired) electrons. The predicted molar refractivity (Wildman–Crippen MR) is 76.2 cm³/mol. The van der Waals surface area contributed by atoms with Gasteiger partial charge in [0.1, 0.15) is 5.82 Å². The molecule has 0 fully saturated rings. The van der Waals surface area contributed by atoms with E-state index in [0.717, 1.165) is 4.47 Å². The summed E-state index contributed by atoms with van der Waals surface area (Å²) in [6.45, 7) is 0. The van der Waals surface area contributed by atoms with Crippen LogP contribution in [0.5, 0.6) is 0 Å². The first kappa shape index (κ1) is 13.2. The van der Waals surface area contributed by atoms with Gasteiger partial charge in [0.25, 0.3) is 5.91 Å². The summed E-state index contributed by atoms with van der Waals surface area (Å²) in [5, 5.41) is 2.53. The molecule has 0 aliphatic heterocycles. The summed E-state index contributed by atoms with van der Waals surface area (Å²) in [6, 6.07) is 11.3. The van der Waals surface area contributed by atoms with Gasteiger partial charge in [-0.15, -0.1) is 0 Å². The average Bonchev–Trinajstić information content (AvgIpc) is 2.34. The van der Waals surface area contributed by atoms with E-state index >= 15 is 0 Å². The molecule has 1 amide bonds. The van der Waals surface area contributed by atoms with Crippen LogP contribution in [0.1, 0.15) is 10.4 Å². The van der Waals surface area contributed by atoms with Crippen molar-refractivity contribution in [3.05, 3.63) is 62.8 Å². The Labute approximate surface area is 120 Å². The van der Waals surface area contributed by atoms with Crippen LogP contribution in [0.2, 0.25) is 0 Å². The molecule has 1 N–H and O–H groups in total. The molecule has 2 aromatic rings. The van der Waals surface area contributed by atoms with Gasteiger partial charge in [-0.2, -0.15) is 0 Å². The molecule has 0 aliphatic carbocycles. The maximum absolute atomic E-state index is 13.5. The summed E-state index contributed by atoms with van der Waals surface area (Å²) in [7, 11) is 0. The van der Waals surface area contributed by atoms with Crippen molar-refractivity contribution in [2.24, 2.45) is 0 Å². The monoisotopic (exact) mass is 371 g/mol. The lowest BCUT2D eigenvalue weighted by molar-refractivity contribution is 0.102. The van der Waals surface area contributed by atoms with Crippen LogP contribution >= 0.6 is 31.9 Å². The molecule has 5 heteroatoms. The number of carbonyl (C=O) groups excluding carboxylic acids is 1. The van der Waals surface area contributed by atoms with E-state index in [1.54, 1.807) is 24.3 Å². The van der Waals surface area contributed by atoms with Crippen molar-refractivity contribution in [3.63, 3.8) is 0 Å². The van der Waals surface area contributed by atoms with Crippen molar-refractivity contribution >= 4 is 43.5 Å². The van der Waals surface area contributed by atoms with E-state index in [-0.39, 0.29) is 11.6 Å². The topological polar surface area (TPSA) is 29.1 Å². The van der Waals surface area contributed by atoms with Crippen LogP contribution < -0.4 is 5.32 Å². The van der Waals surface area contributed by atoms with Crippen molar-refractivity contribution in [1.82, 2.24) is 0 Å². The molecular formula is C13H8Br2FNO. The molecule has 0 aromatic heterocycles. The molecule has 0 atom stereocenters. The van der Waals surface area contributed by atoms with E-state index in [1.807, 2.05) is 6.07 Å². The number of nitrogens with one attached hydrogen (secondary N) is 1. The second-order valence-corrected chi connectivity index (χ2v) is 5.42. The molecular weight excluding hydrogens is 365 g/mol. The Bertz CT molecular complexity index is 601. The minimum atomic E-state index is -0.471. The third kappa shape index (κ3) is 3.17. The highest BCUT2D eigenvalue weighted by atomic mass is 79.9. The Kier molecular flexibility index (Phi) is 4.14. The smallest absolute Gasteiger partial charge is 0.255 e. The van der Waals surface area contributed by atoms with Gasteiger partial charge in [0.15, 0.2) is 0 Å². The van der Waals surface area contributed by atoms with E-state index in [0.29, 0.717) is 10.0 Å². The molecule has 0 bridgehead atoms. The van der Waals surface area contributed by atoms with Crippen molar-refractivity contribution in [3.8, 4) is 0 Å². The minimum Gasteiger partial charge on any atom is -0.319 e. The molecule has 2 nitrogen and oxygen atoms in total. The van der Waals surface area contributed by atoms with Crippen molar-refractivity contribution in [1.29, 1.82) is 0 Å². The molecule has 2 aromatic carbocycles. The van der Waals surface area contributed by atoms with Crippen molar-refractivity contribution in [2.45, 2.75) is 0 Å². The Morgan fingerprint density at radius 3 is 2.50 bits per heavy atom. The van der Waals surface area contributed by atoms with Crippen molar-refractivity contribution in [2.75, 3.05) is 5.32 Å². The van der Waals surface area contributed by atoms with E-state index in [2.05, 4.69) is 37.2 Å². The lowest BCUT2D eigenvalue weighted by Crippen LogP contribution is -2.12. The summed E-state index contributed by atoms with van der Waals surface area (Å²) >= 11 is 6.51. The minimum absolute atomic E-state index is 0.148. The molecule has 92 valence electrons. The highest BCUT2D eigenvalue weighted by molar-refractivity contribution is 9.10. The number of carbonyl (C=O) groups is 1. The van der Waals surface area contributed by atoms with Crippen LogP contribution in [0.4, 0.5) is 10.1 Å². The van der Waals surface area contributed by atoms with Gasteiger partial charge in [-0.3, -0.25) is 4.79 Å². The largest absolute Gasteiger partial charge is 0.319 e. The standard InChI is InChI=1S/C13H8Br2FNO/c14-9-3-1-2-8(6-9)13(18)17-12-7-10(15)4-5-11(12)16/h1-7H,(H,17,18). The first-order valence-electron chi connectivity index (χ1n) is 5.08. The van der Waals surface area contributed by atoms with Crippen LogP contribution in [-0.4, -0.2) is 5.91 Å². The average molecular weight is 373 g/mol. The summed E-state index contributed by atoms with van der Waals surface area (Å²) in [4.78, 5) is 11.9. The number of hydrogen-bond acceptors (Lipinski definition) is 1. The highest BCUT2D eigenvalue weighted by Gasteiger charge is 2.09. The van der Waals surface area contributed by atoms with Gasteiger partial charge in [-0.1, -0.05) is 37.9 Å². The van der Waals surface area contributed by atoms with E-state index < -0.39 is 5.82 Å². The fourth-order valence-corrected chi connectivity index (χ4v) is 2.18. The van der Waals surface area contributed by atoms with Gasteiger partial charge in [0, 0.05) is 14.5 Å². The van der Waals surface area contributed by atoms with Gasteiger partial charge in [-0.25, -0.2) is 4.39 Å². The van der Waals surface area contributed by atoms with E-state index in [9.17, 15) is 9.18 Å². The third-order valence-electron chi connectivity index (χ3n) is 2.26. The van der Waals surface area contributed by atoms with Gasteiger partial charge in [-0.05, 0) is 36.4 Å². The molecule has 18 heavy (non-hydrogen) atoms. The van der Waals surface area contributed by atoms with Crippen LogP contribution in [0.25, 0.3) is 0 Å². The summed E-state index contributed by atoms with van der Waals surface area (Å²) in [5.41, 5.74) is 0.609. The van der Waals surface area contributed by atoms with Gasteiger partial charge in [0.2, 0.25) is 0 Å². The van der Waals surface area contributed by atoms with Crippen LogP contribution in [-0.2, 0) is 0 Å². The Hall–Kier alpha value is -1.20. The first-order valence-corrected chi connectivity index (χ1v) is 6.67. The zero-order chi connectivity index (χ0) is 13.1. The third-order valence-corrected chi connectivity index (χ3v) is 3.25. The zero-order valence-electron chi connectivity index (χ0n) is 9.08. The summed E-state index contributed by atoms with van der Waals surface area (Å²) in [6.07, 6.45) is 0. The Morgan fingerprint density at radius 2 is 1.78 bits per heavy atom. The summed E-state index contributed by atoms with van der Waals surface area (Å²) < 4.78 is 15.0. The number of rotatable bonds is 2. The fraction of sp³-hybridized carbons (Fsp3) is 0. The maximum atomic E-state index is 13.5. The fourth-order valence-electron chi connectivity index (χ4n) is 1.42. The Balaban J connectivity index is 2.24. The lowest BCUT2D eigenvalue weighted by atomic mass is 10.2. The zero-order valence-corrected chi connectivity index (χ0v) is 12.3. The molecule has 0 unspecified atom stereocenters. The van der Waals surface area contributed by atoms with Crippen molar-refractivity contribution < 1.29 is 9.18 Å². The number of benzene rings is 2. The molecule has 2 rings (SSSR count). The van der Waals surface area contributed by atoms with Gasteiger partial charge >= 0.3 is 0 Å². The lowest BCUT2D eigenvalue weighted by Gasteiger charge is -2.07. The predicted octanol–water partition coefficient (Wildman–Crippen LogP) is 4.60. The van der Waals surface area contributed by atoms with E-state index in [4.69, 9.17) is 0 Å². The highest BCUT2D eigenvalue weighted by Crippen LogP contribution is 2.21. The Morgan fingerprint density at radius 1 is 1.06 bits per heavy atom. The normalized spacial score (nSPS) is 10.2. The number of anilines is 1. The van der Waals surface area contributed by atoms with Gasteiger partial charge in [0.05, 0.1) is 5.69 Å². The number of amides is 1. The quantitative estimate of drug-likeness (QED) is 0.819. The number of halogens is 3. The molecule has 0 saturated carbocycles. The molecule has 0 spiro atoms. The molecule has 0 aliphatic rings. The second kappa shape index (κ2) is 5.63. The molecule has 0 saturated heterocycles. The summed E-state index contributed by atoms with van der Waals surface area (Å²) in [5.74, 6) is -0.824. The second-order valence-electron chi connectivity index (χ2n) is 3.59. The maximum Gasteiger partial charge on any atom is 0.255 e. The van der Waals surface area contributed by atoms with Crippen LogP contribution in [0, 0.1) is 5.82 Å². The van der Waals surface area contributed by atoms with Crippen LogP contribution in [0.3, 0.4) is 0 Å². The first-order chi connectivity index (χ1) is 8.56. The number of hydrogen-bond donors (Lipinski definition) is 1. The van der Waals surface area contributed by atoms with Gasteiger partial charge < -0.3 is 5.32 Å². The van der Waals surface area contributed by atoms with Crippen LogP contribution in [0.15, 0.2) is 51.4 Å².